The monoisotopic (exact) mass is 276 g/mol. The van der Waals surface area contributed by atoms with E-state index in [1.807, 2.05) is 6.07 Å². The van der Waals surface area contributed by atoms with Crippen LogP contribution in [0, 0.1) is 0 Å². The Morgan fingerprint density at radius 1 is 1.10 bits per heavy atom. The van der Waals surface area contributed by atoms with Gasteiger partial charge in [-0.25, -0.2) is 0 Å². The average Bonchev–Trinajstić information content (AvgIpc) is 3.08. The summed E-state index contributed by atoms with van der Waals surface area (Å²) in [4.78, 5) is 0. The first-order valence-corrected chi connectivity index (χ1v) is 7.10. The highest BCUT2D eigenvalue weighted by atomic mass is 16.7. The molecule has 2 aromatic carbocycles. The predicted octanol–water partition coefficient (Wildman–Crippen LogP) is 4.63. The van der Waals surface area contributed by atoms with Gasteiger partial charge in [0.2, 0.25) is 6.79 Å². The standard InChI is InChI=1S/C19H16O2/c1-12(2)19-15(13-6-4-3-5-7-13)8-14-9-17-18(10-16(14)19)21-11-20-17/h3-10,19H,1,11H2,2H3/t19-/m1/s1. The van der Waals surface area contributed by atoms with Crippen molar-refractivity contribution in [3.05, 3.63) is 71.3 Å². The highest BCUT2D eigenvalue weighted by molar-refractivity contribution is 5.94. The lowest BCUT2D eigenvalue weighted by Crippen LogP contribution is -2.00. The molecular weight excluding hydrogens is 260 g/mol. The van der Waals surface area contributed by atoms with Gasteiger partial charge in [0.15, 0.2) is 11.5 Å². The second kappa shape index (κ2) is 4.52. The maximum Gasteiger partial charge on any atom is 0.231 e. The van der Waals surface area contributed by atoms with Crippen molar-refractivity contribution < 1.29 is 9.47 Å². The minimum atomic E-state index is 0.219. The maximum absolute atomic E-state index is 5.52. The molecule has 1 aliphatic heterocycles. The number of rotatable bonds is 2. The van der Waals surface area contributed by atoms with E-state index in [0.717, 1.165) is 17.1 Å². The zero-order valence-corrected chi connectivity index (χ0v) is 11.9. The van der Waals surface area contributed by atoms with Gasteiger partial charge in [-0.05, 0) is 47.4 Å². The highest BCUT2D eigenvalue weighted by Crippen LogP contribution is 2.49. The van der Waals surface area contributed by atoms with Crippen LogP contribution in [0.15, 0.2) is 54.6 Å². The van der Waals surface area contributed by atoms with E-state index in [0.29, 0.717) is 6.79 Å². The molecule has 0 unspecified atom stereocenters. The van der Waals surface area contributed by atoms with Crippen LogP contribution in [0.5, 0.6) is 11.5 Å². The fraction of sp³-hybridized carbons (Fsp3) is 0.158. The summed E-state index contributed by atoms with van der Waals surface area (Å²) in [6.07, 6.45) is 2.24. The molecule has 104 valence electrons. The van der Waals surface area contributed by atoms with E-state index in [2.05, 4.69) is 56.0 Å². The number of fused-ring (bicyclic) bond motifs is 2. The van der Waals surface area contributed by atoms with Crippen molar-refractivity contribution in [1.29, 1.82) is 0 Å². The van der Waals surface area contributed by atoms with Crippen LogP contribution in [0.1, 0.15) is 29.5 Å². The summed E-state index contributed by atoms with van der Waals surface area (Å²) in [5.74, 6) is 1.89. The molecule has 0 saturated carbocycles. The Kier molecular flexibility index (Phi) is 2.64. The molecule has 1 atom stereocenters. The third kappa shape index (κ3) is 1.87. The zero-order valence-electron chi connectivity index (χ0n) is 11.9. The van der Waals surface area contributed by atoms with Crippen LogP contribution in [0.3, 0.4) is 0 Å². The van der Waals surface area contributed by atoms with Gasteiger partial charge in [0.25, 0.3) is 0 Å². The molecule has 0 radical (unpaired) electrons. The van der Waals surface area contributed by atoms with Crippen molar-refractivity contribution in [1.82, 2.24) is 0 Å². The van der Waals surface area contributed by atoms with E-state index < -0.39 is 0 Å². The van der Waals surface area contributed by atoms with Crippen molar-refractivity contribution in [2.45, 2.75) is 12.8 Å². The Morgan fingerprint density at radius 2 is 1.81 bits per heavy atom. The average molecular weight is 276 g/mol. The SMILES string of the molecule is C=C(C)[C@@H]1C(c2ccccc2)=Cc2cc3c(cc21)OCO3. The summed E-state index contributed by atoms with van der Waals surface area (Å²) in [5, 5.41) is 0. The van der Waals surface area contributed by atoms with Gasteiger partial charge < -0.3 is 9.47 Å². The molecule has 0 bridgehead atoms. The molecular formula is C19H16O2. The molecule has 0 saturated heterocycles. The van der Waals surface area contributed by atoms with Gasteiger partial charge in [0, 0.05) is 5.92 Å². The second-order valence-electron chi connectivity index (χ2n) is 5.58. The lowest BCUT2D eigenvalue weighted by Gasteiger charge is -2.17. The van der Waals surface area contributed by atoms with Crippen molar-refractivity contribution in [3.8, 4) is 11.5 Å². The van der Waals surface area contributed by atoms with Gasteiger partial charge >= 0.3 is 0 Å². The van der Waals surface area contributed by atoms with Gasteiger partial charge in [-0.15, -0.1) is 0 Å². The molecule has 2 heteroatoms. The summed E-state index contributed by atoms with van der Waals surface area (Å²) in [5.41, 5.74) is 6.13. The van der Waals surface area contributed by atoms with Crippen molar-refractivity contribution in [3.63, 3.8) is 0 Å². The molecule has 0 N–H and O–H groups in total. The van der Waals surface area contributed by atoms with Crippen LogP contribution >= 0.6 is 0 Å². The van der Waals surface area contributed by atoms with Gasteiger partial charge in [-0.2, -0.15) is 0 Å². The fourth-order valence-electron chi connectivity index (χ4n) is 3.18. The van der Waals surface area contributed by atoms with E-state index in [-0.39, 0.29) is 5.92 Å². The molecule has 4 rings (SSSR count). The number of allylic oxidation sites excluding steroid dienone is 2. The number of hydrogen-bond acceptors (Lipinski definition) is 2. The Bertz CT molecular complexity index is 757. The van der Waals surface area contributed by atoms with Crippen molar-refractivity contribution >= 4 is 11.6 Å². The maximum atomic E-state index is 5.52. The van der Waals surface area contributed by atoms with Crippen LogP contribution in [0.4, 0.5) is 0 Å². The topological polar surface area (TPSA) is 18.5 Å². The van der Waals surface area contributed by atoms with E-state index in [4.69, 9.17) is 9.47 Å². The largest absolute Gasteiger partial charge is 0.454 e. The summed E-state index contributed by atoms with van der Waals surface area (Å²) in [6, 6.07) is 14.6. The van der Waals surface area contributed by atoms with Crippen LogP contribution in [0.2, 0.25) is 0 Å². The van der Waals surface area contributed by atoms with E-state index in [1.165, 1.54) is 22.3 Å². The Morgan fingerprint density at radius 3 is 2.52 bits per heavy atom. The van der Waals surface area contributed by atoms with E-state index >= 15 is 0 Å². The Hall–Kier alpha value is -2.48. The molecule has 2 aliphatic rings. The van der Waals surface area contributed by atoms with Crippen LogP contribution in [-0.4, -0.2) is 6.79 Å². The molecule has 2 nitrogen and oxygen atoms in total. The van der Waals surface area contributed by atoms with Gasteiger partial charge in [-0.1, -0.05) is 42.5 Å². The molecule has 21 heavy (non-hydrogen) atoms. The summed E-state index contributed by atoms with van der Waals surface area (Å²) >= 11 is 0. The van der Waals surface area contributed by atoms with Crippen molar-refractivity contribution in [2.75, 3.05) is 6.79 Å². The normalized spacial score (nSPS) is 18.3. The summed E-state index contributed by atoms with van der Waals surface area (Å²) < 4.78 is 11.0. The van der Waals surface area contributed by atoms with Crippen LogP contribution < -0.4 is 9.47 Å². The van der Waals surface area contributed by atoms with E-state index in [9.17, 15) is 0 Å². The first kappa shape index (κ1) is 12.3. The predicted molar refractivity (Wildman–Crippen MR) is 84.4 cm³/mol. The second-order valence-corrected chi connectivity index (χ2v) is 5.58. The first-order valence-electron chi connectivity index (χ1n) is 7.10. The molecule has 0 fully saturated rings. The molecule has 1 heterocycles. The number of hydrogen-bond donors (Lipinski definition) is 0. The highest BCUT2D eigenvalue weighted by Gasteiger charge is 2.29. The molecule has 0 aromatic heterocycles. The lowest BCUT2D eigenvalue weighted by atomic mass is 9.86. The van der Waals surface area contributed by atoms with Gasteiger partial charge in [0.05, 0.1) is 0 Å². The molecule has 0 amide bonds. The van der Waals surface area contributed by atoms with E-state index in [1.54, 1.807) is 0 Å². The fourth-order valence-corrected chi connectivity index (χ4v) is 3.18. The number of ether oxygens (including phenoxy) is 2. The van der Waals surface area contributed by atoms with Gasteiger partial charge in [-0.3, -0.25) is 0 Å². The quantitative estimate of drug-likeness (QED) is 0.745. The smallest absolute Gasteiger partial charge is 0.231 e. The minimum absolute atomic E-state index is 0.219. The molecule has 1 aliphatic carbocycles. The lowest BCUT2D eigenvalue weighted by molar-refractivity contribution is 0.174. The Balaban J connectivity index is 1.88. The third-order valence-electron chi connectivity index (χ3n) is 4.11. The van der Waals surface area contributed by atoms with Crippen molar-refractivity contribution in [2.24, 2.45) is 0 Å². The first-order chi connectivity index (χ1) is 10.2. The molecule has 0 spiro atoms. The minimum Gasteiger partial charge on any atom is -0.454 e. The summed E-state index contributed by atoms with van der Waals surface area (Å²) in [7, 11) is 0. The zero-order chi connectivity index (χ0) is 14.4. The van der Waals surface area contributed by atoms with Crippen LogP contribution in [-0.2, 0) is 0 Å². The Labute approximate surface area is 124 Å². The summed E-state index contributed by atoms with van der Waals surface area (Å²) in [6.45, 7) is 6.59. The van der Waals surface area contributed by atoms with Gasteiger partial charge in [0.1, 0.15) is 0 Å². The third-order valence-corrected chi connectivity index (χ3v) is 4.11. The molecule has 2 aromatic rings. The van der Waals surface area contributed by atoms with Crippen LogP contribution in [0.25, 0.3) is 11.6 Å². The number of benzene rings is 2.